The second-order valence-electron chi connectivity index (χ2n) is 7.44. The van der Waals surface area contributed by atoms with Crippen molar-refractivity contribution in [1.82, 2.24) is 16.0 Å². The molecule has 2 aromatic carbocycles. The predicted octanol–water partition coefficient (Wildman–Crippen LogP) is 3.53. The Morgan fingerprint density at radius 1 is 1.14 bits per heavy atom. The third-order valence-corrected chi connectivity index (χ3v) is 5.57. The Bertz CT molecular complexity index is 859. The molecule has 29 heavy (non-hydrogen) atoms. The van der Waals surface area contributed by atoms with E-state index in [4.69, 9.17) is 16.6 Å². The quantitative estimate of drug-likeness (QED) is 0.459. The molecule has 0 atom stereocenters. The van der Waals surface area contributed by atoms with Gasteiger partial charge in [-0.1, -0.05) is 35.9 Å². The van der Waals surface area contributed by atoms with Gasteiger partial charge in [-0.3, -0.25) is 9.79 Å². The van der Waals surface area contributed by atoms with Crippen molar-refractivity contribution in [3.63, 3.8) is 0 Å². The van der Waals surface area contributed by atoms with Gasteiger partial charge in [0, 0.05) is 36.1 Å². The fourth-order valence-corrected chi connectivity index (χ4v) is 3.53. The van der Waals surface area contributed by atoms with E-state index in [2.05, 4.69) is 35.0 Å². The molecule has 1 amide bonds. The van der Waals surface area contributed by atoms with Crippen molar-refractivity contribution in [1.29, 1.82) is 0 Å². The molecule has 0 radical (unpaired) electrons. The first-order valence-electron chi connectivity index (χ1n) is 10.2. The number of nitrogens with zero attached hydrogens (tertiary/aromatic N) is 1. The molecule has 3 N–H and O–H groups in total. The fourth-order valence-electron chi connectivity index (χ4n) is 3.40. The smallest absolute Gasteiger partial charge is 0.251 e. The van der Waals surface area contributed by atoms with Crippen LogP contribution >= 0.6 is 11.6 Å². The van der Waals surface area contributed by atoms with E-state index in [1.807, 2.05) is 36.4 Å². The maximum atomic E-state index is 11.8. The van der Waals surface area contributed by atoms with Gasteiger partial charge in [0.1, 0.15) is 0 Å². The number of amides is 1. The summed E-state index contributed by atoms with van der Waals surface area (Å²) >= 11 is 6.02. The first-order valence-corrected chi connectivity index (χ1v) is 10.5. The van der Waals surface area contributed by atoms with Crippen LogP contribution in [0.1, 0.15) is 41.3 Å². The van der Waals surface area contributed by atoms with Crippen LogP contribution in [0.2, 0.25) is 5.02 Å². The van der Waals surface area contributed by atoms with Gasteiger partial charge < -0.3 is 16.0 Å². The number of carbonyl (C=O) groups excluding carboxylic acids is 1. The molecule has 6 heteroatoms. The van der Waals surface area contributed by atoms with Crippen LogP contribution in [0.4, 0.5) is 0 Å². The molecular formula is C23H29ClN4O. The average Bonchev–Trinajstić information content (AvgIpc) is 3.53. The average molecular weight is 413 g/mol. The zero-order valence-electron chi connectivity index (χ0n) is 17.1. The number of hydrogen-bond donors (Lipinski definition) is 3. The lowest BCUT2D eigenvalue weighted by Gasteiger charge is -2.16. The monoisotopic (exact) mass is 412 g/mol. The second-order valence-corrected chi connectivity index (χ2v) is 7.88. The number of benzene rings is 2. The Kier molecular flexibility index (Phi) is 7.15. The molecule has 0 unspecified atom stereocenters. The molecule has 1 aliphatic carbocycles. The minimum absolute atomic E-state index is 0.0633. The summed E-state index contributed by atoms with van der Waals surface area (Å²) in [5.74, 6) is 0.766. The molecule has 0 aliphatic heterocycles. The van der Waals surface area contributed by atoms with Gasteiger partial charge in [-0.15, -0.1) is 0 Å². The predicted molar refractivity (Wildman–Crippen MR) is 120 cm³/mol. The van der Waals surface area contributed by atoms with Crippen LogP contribution in [-0.2, 0) is 11.8 Å². The van der Waals surface area contributed by atoms with E-state index in [1.165, 1.54) is 5.56 Å². The van der Waals surface area contributed by atoms with E-state index < -0.39 is 0 Å². The van der Waals surface area contributed by atoms with Crippen LogP contribution in [0.5, 0.6) is 0 Å². The van der Waals surface area contributed by atoms with Gasteiger partial charge >= 0.3 is 0 Å². The zero-order valence-corrected chi connectivity index (χ0v) is 17.9. The van der Waals surface area contributed by atoms with Crippen LogP contribution in [0.25, 0.3) is 0 Å². The minimum Gasteiger partial charge on any atom is -0.357 e. The third-order valence-electron chi connectivity index (χ3n) is 5.32. The van der Waals surface area contributed by atoms with Gasteiger partial charge in [0.15, 0.2) is 5.96 Å². The number of hydrogen-bond acceptors (Lipinski definition) is 2. The molecule has 2 aromatic rings. The van der Waals surface area contributed by atoms with Crippen LogP contribution in [0, 0.1) is 0 Å². The highest BCUT2D eigenvalue weighted by atomic mass is 35.5. The van der Waals surface area contributed by atoms with E-state index in [1.54, 1.807) is 7.05 Å². The number of aliphatic imine (C=N–C) groups is 1. The van der Waals surface area contributed by atoms with Crippen molar-refractivity contribution in [2.24, 2.45) is 4.99 Å². The molecule has 3 rings (SSSR count). The molecule has 154 valence electrons. The zero-order chi connectivity index (χ0) is 20.7. The summed E-state index contributed by atoms with van der Waals surface area (Å²) in [6, 6.07) is 15.9. The van der Waals surface area contributed by atoms with Gasteiger partial charge in [-0.25, -0.2) is 0 Å². The Balaban J connectivity index is 1.57. The highest BCUT2D eigenvalue weighted by Gasteiger charge is 2.44. The number of guanidine groups is 1. The number of rotatable bonds is 8. The molecule has 1 fully saturated rings. The van der Waals surface area contributed by atoms with Crippen molar-refractivity contribution < 1.29 is 4.79 Å². The summed E-state index contributed by atoms with van der Waals surface area (Å²) < 4.78 is 0. The first-order chi connectivity index (χ1) is 14.1. The molecule has 1 aliphatic rings. The fraction of sp³-hybridized carbons (Fsp3) is 0.391. The summed E-state index contributed by atoms with van der Waals surface area (Å²) in [6.07, 6.45) is 3.13. The molecule has 1 saturated carbocycles. The Hall–Kier alpha value is -2.53. The third kappa shape index (κ3) is 5.73. The highest BCUT2D eigenvalue weighted by Crippen LogP contribution is 2.48. The maximum Gasteiger partial charge on any atom is 0.251 e. The lowest BCUT2D eigenvalue weighted by atomic mass is 9.96. The first kappa shape index (κ1) is 21.2. The second kappa shape index (κ2) is 9.79. The van der Waals surface area contributed by atoms with Gasteiger partial charge in [-0.05, 0) is 61.6 Å². The van der Waals surface area contributed by atoms with Gasteiger partial charge in [0.25, 0.3) is 5.91 Å². The SMILES string of the molecule is CCNC(=NCC1(c2ccc(Cl)cc2)CC1)NCCc1cccc(C(=O)NC)c1. The Morgan fingerprint density at radius 2 is 1.90 bits per heavy atom. The standard InChI is InChI=1S/C23H29ClN4O/c1-3-26-22(27-14-11-17-5-4-6-18(15-17)21(29)25-2)28-16-23(12-13-23)19-7-9-20(24)10-8-19/h4-10,15H,3,11-14,16H2,1-2H3,(H,25,29)(H2,26,27,28). The molecule has 0 spiro atoms. The minimum atomic E-state index is -0.0633. The normalized spacial score (nSPS) is 14.9. The number of carbonyl (C=O) groups is 1. The van der Waals surface area contributed by atoms with E-state index in [9.17, 15) is 4.79 Å². The summed E-state index contributed by atoms with van der Waals surface area (Å²) in [7, 11) is 1.65. The molecule has 0 heterocycles. The summed E-state index contributed by atoms with van der Waals surface area (Å²) in [5, 5.41) is 10.2. The van der Waals surface area contributed by atoms with Crippen molar-refractivity contribution >= 4 is 23.5 Å². The van der Waals surface area contributed by atoms with Gasteiger partial charge in [-0.2, -0.15) is 0 Å². The summed E-state index contributed by atoms with van der Waals surface area (Å²) in [5.41, 5.74) is 3.26. The maximum absolute atomic E-state index is 11.8. The van der Waals surface area contributed by atoms with Crippen LogP contribution in [0.3, 0.4) is 0 Å². The van der Waals surface area contributed by atoms with Crippen molar-refractivity contribution in [2.45, 2.75) is 31.6 Å². The summed E-state index contributed by atoms with van der Waals surface area (Å²) in [6.45, 7) is 4.38. The van der Waals surface area contributed by atoms with Crippen LogP contribution in [-0.4, -0.2) is 38.5 Å². The van der Waals surface area contributed by atoms with Crippen LogP contribution in [0.15, 0.2) is 53.5 Å². The van der Waals surface area contributed by atoms with Gasteiger partial charge in [0.2, 0.25) is 0 Å². The van der Waals surface area contributed by atoms with E-state index >= 15 is 0 Å². The lowest BCUT2D eigenvalue weighted by molar-refractivity contribution is 0.0963. The summed E-state index contributed by atoms with van der Waals surface area (Å²) in [4.78, 5) is 16.6. The molecule has 0 bridgehead atoms. The number of nitrogens with one attached hydrogen (secondary N) is 3. The topological polar surface area (TPSA) is 65.5 Å². The molecule has 0 aromatic heterocycles. The lowest BCUT2D eigenvalue weighted by Crippen LogP contribution is -2.39. The van der Waals surface area contributed by atoms with Crippen molar-refractivity contribution in [2.75, 3.05) is 26.7 Å². The molecule has 0 saturated heterocycles. The molecule has 5 nitrogen and oxygen atoms in total. The van der Waals surface area contributed by atoms with E-state index in [0.717, 1.165) is 55.4 Å². The highest BCUT2D eigenvalue weighted by molar-refractivity contribution is 6.30. The van der Waals surface area contributed by atoms with Crippen molar-refractivity contribution in [3.05, 3.63) is 70.2 Å². The van der Waals surface area contributed by atoms with Gasteiger partial charge in [0.05, 0.1) is 6.54 Å². The van der Waals surface area contributed by atoms with E-state index in [-0.39, 0.29) is 11.3 Å². The Labute approximate surface area is 178 Å². The van der Waals surface area contributed by atoms with Crippen molar-refractivity contribution in [3.8, 4) is 0 Å². The Morgan fingerprint density at radius 3 is 2.55 bits per heavy atom. The van der Waals surface area contributed by atoms with Crippen LogP contribution < -0.4 is 16.0 Å². The largest absolute Gasteiger partial charge is 0.357 e. The number of halogens is 1. The van der Waals surface area contributed by atoms with E-state index in [0.29, 0.717) is 5.56 Å². The molecular weight excluding hydrogens is 384 g/mol.